The van der Waals surface area contributed by atoms with E-state index in [-0.39, 0.29) is 6.10 Å². The molecule has 0 spiro atoms. The first-order valence-corrected chi connectivity index (χ1v) is 12.3. The highest BCUT2D eigenvalue weighted by molar-refractivity contribution is 5.82. The number of likely N-dealkylation sites (tertiary alicyclic amines) is 1. The predicted molar refractivity (Wildman–Crippen MR) is 143 cm³/mol. The molecule has 0 amide bonds. The average molecular weight is 477 g/mol. The SMILES string of the molecule is CN1CCC(Oc2ccc(Nc3ccc(-c4cnccn4)cc3)cc2-c2nc3ccccc3[nH]2)CC1. The lowest BCUT2D eigenvalue weighted by Crippen LogP contribution is -2.35. The number of ether oxygens (including phenoxy) is 1. The Kier molecular flexibility index (Phi) is 6.05. The molecule has 7 nitrogen and oxygen atoms in total. The van der Waals surface area contributed by atoms with Crippen LogP contribution >= 0.6 is 0 Å². The zero-order valence-corrected chi connectivity index (χ0v) is 20.2. The van der Waals surface area contributed by atoms with E-state index in [0.717, 1.165) is 76.7 Å². The van der Waals surface area contributed by atoms with Gasteiger partial charge in [-0.1, -0.05) is 24.3 Å². The number of H-pyrrole nitrogens is 1. The first kappa shape index (κ1) is 22.2. The summed E-state index contributed by atoms with van der Waals surface area (Å²) in [5.41, 5.74) is 6.73. The first-order valence-electron chi connectivity index (χ1n) is 12.3. The lowest BCUT2D eigenvalue weighted by atomic mass is 10.1. The van der Waals surface area contributed by atoms with E-state index in [1.807, 2.05) is 48.5 Å². The highest BCUT2D eigenvalue weighted by Gasteiger charge is 2.21. The number of aromatic nitrogens is 4. The summed E-state index contributed by atoms with van der Waals surface area (Å²) < 4.78 is 6.53. The van der Waals surface area contributed by atoms with Crippen molar-refractivity contribution in [2.24, 2.45) is 0 Å². The number of benzene rings is 3. The maximum atomic E-state index is 6.53. The third-order valence-electron chi connectivity index (χ3n) is 6.62. The van der Waals surface area contributed by atoms with Crippen LogP contribution < -0.4 is 10.1 Å². The minimum absolute atomic E-state index is 0.205. The Morgan fingerprint density at radius 1 is 0.944 bits per heavy atom. The molecular formula is C29H28N6O. The first-order chi connectivity index (χ1) is 17.7. The van der Waals surface area contributed by atoms with Gasteiger partial charge >= 0.3 is 0 Å². The lowest BCUT2D eigenvalue weighted by molar-refractivity contribution is 0.115. The number of anilines is 2. The molecule has 0 radical (unpaired) electrons. The number of aromatic amines is 1. The van der Waals surface area contributed by atoms with Gasteiger partial charge in [0, 0.05) is 42.4 Å². The van der Waals surface area contributed by atoms with E-state index >= 15 is 0 Å². The summed E-state index contributed by atoms with van der Waals surface area (Å²) in [7, 11) is 2.16. The molecule has 6 rings (SSSR count). The van der Waals surface area contributed by atoms with Gasteiger partial charge in [-0.2, -0.15) is 0 Å². The number of para-hydroxylation sites is 2. The Labute approximate surface area is 210 Å². The Balaban J connectivity index is 1.30. The quantitative estimate of drug-likeness (QED) is 0.318. The number of piperidine rings is 1. The number of nitrogens with zero attached hydrogens (tertiary/aromatic N) is 4. The monoisotopic (exact) mass is 476 g/mol. The van der Waals surface area contributed by atoms with Crippen LogP contribution in [0.2, 0.25) is 0 Å². The lowest BCUT2D eigenvalue weighted by Gasteiger charge is -2.30. The molecule has 3 aromatic carbocycles. The maximum absolute atomic E-state index is 6.53. The Hall–Kier alpha value is -4.23. The Morgan fingerprint density at radius 2 is 1.75 bits per heavy atom. The summed E-state index contributed by atoms with van der Waals surface area (Å²) in [6.07, 6.45) is 7.40. The predicted octanol–water partition coefficient (Wildman–Crippen LogP) is 5.90. The molecule has 0 bridgehead atoms. The van der Waals surface area contributed by atoms with E-state index in [9.17, 15) is 0 Å². The zero-order valence-electron chi connectivity index (χ0n) is 20.2. The molecule has 0 unspecified atom stereocenters. The molecule has 2 aromatic heterocycles. The fourth-order valence-corrected chi connectivity index (χ4v) is 4.60. The number of fused-ring (bicyclic) bond motifs is 1. The molecule has 0 aliphatic carbocycles. The summed E-state index contributed by atoms with van der Waals surface area (Å²) in [4.78, 5) is 19.2. The van der Waals surface area contributed by atoms with Crippen LogP contribution in [0.25, 0.3) is 33.7 Å². The van der Waals surface area contributed by atoms with Crippen molar-refractivity contribution in [1.82, 2.24) is 24.8 Å². The smallest absolute Gasteiger partial charge is 0.142 e. The fourth-order valence-electron chi connectivity index (χ4n) is 4.60. The number of nitrogens with one attached hydrogen (secondary N) is 2. The maximum Gasteiger partial charge on any atom is 0.142 e. The minimum Gasteiger partial charge on any atom is -0.490 e. The summed E-state index contributed by atoms with van der Waals surface area (Å²) in [6, 6.07) is 22.5. The van der Waals surface area contributed by atoms with Gasteiger partial charge in [-0.05, 0) is 62.4 Å². The van der Waals surface area contributed by atoms with Gasteiger partial charge in [-0.3, -0.25) is 9.97 Å². The van der Waals surface area contributed by atoms with Crippen LogP contribution in [0.5, 0.6) is 5.75 Å². The van der Waals surface area contributed by atoms with Crippen molar-refractivity contribution in [1.29, 1.82) is 0 Å². The highest BCUT2D eigenvalue weighted by Crippen LogP contribution is 2.35. The van der Waals surface area contributed by atoms with Crippen LogP contribution in [0.4, 0.5) is 11.4 Å². The molecule has 0 saturated carbocycles. The van der Waals surface area contributed by atoms with Gasteiger partial charge in [-0.15, -0.1) is 0 Å². The van der Waals surface area contributed by atoms with Crippen LogP contribution in [0, 0.1) is 0 Å². The van der Waals surface area contributed by atoms with Gasteiger partial charge in [0.1, 0.15) is 17.7 Å². The third kappa shape index (κ3) is 4.78. The summed E-state index contributed by atoms with van der Waals surface area (Å²) >= 11 is 0. The second-order valence-electron chi connectivity index (χ2n) is 9.23. The largest absolute Gasteiger partial charge is 0.490 e. The highest BCUT2D eigenvalue weighted by atomic mass is 16.5. The number of rotatable bonds is 6. The second-order valence-corrected chi connectivity index (χ2v) is 9.23. The van der Waals surface area contributed by atoms with E-state index in [1.54, 1.807) is 18.6 Å². The molecule has 1 fully saturated rings. The van der Waals surface area contributed by atoms with E-state index in [1.165, 1.54) is 0 Å². The molecule has 1 aliphatic heterocycles. The van der Waals surface area contributed by atoms with Gasteiger partial charge in [0.05, 0.1) is 28.5 Å². The molecule has 5 aromatic rings. The van der Waals surface area contributed by atoms with E-state index in [0.29, 0.717) is 0 Å². The molecular weight excluding hydrogens is 448 g/mol. The van der Waals surface area contributed by atoms with Crippen LogP contribution in [0.15, 0.2) is 85.3 Å². The van der Waals surface area contributed by atoms with Crippen molar-refractivity contribution in [2.45, 2.75) is 18.9 Å². The van der Waals surface area contributed by atoms with E-state index < -0.39 is 0 Å². The molecule has 1 aliphatic rings. The average Bonchev–Trinajstić information content (AvgIpc) is 3.36. The fraction of sp³-hybridized carbons (Fsp3) is 0.207. The Bertz CT molecular complexity index is 1420. The van der Waals surface area contributed by atoms with Gasteiger partial charge in [0.25, 0.3) is 0 Å². The van der Waals surface area contributed by atoms with Gasteiger partial charge in [0.2, 0.25) is 0 Å². The topological polar surface area (TPSA) is 79.0 Å². The summed E-state index contributed by atoms with van der Waals surface area (Å²) in [5.74, 6) is 1.66. The molecule has 1 saturated heterocycles. The minimum atomic E-state index is 0.205. The van der Waals surface area contributed by atoms with Crippen molar-refractivity contribution in [3.05, 3.63) is 85.3 Å². The second kappa shape index (κ2) is 9.79. The van der Waals surface area contributed by atoms with Gasteiger partial charge in [0.15, 0.2) is 0 Å². The van der Waals surface area contributed by atoms with Crippen LogP contribution in [-0.4, -0.2) is 51.1 Å². The number of hydrogen-bond donors (Lipinski definition) is 2. The standard InChI is InChI=1S/C29H28N6O/c1-35-16-12-23(13-17-35)36-28-11-10-22(18-24(28)29-33-25-4-2-3-5-26(25)34-29)32-21-8-6-20(7-9-21)27-19-30-14-15-31-27/h2-11,14-15,18-19,23,32H,12-13,16-17H2,1H3,(H,33,34). The van der Waals surface area contributed by atoms with E-state index in [2.05, 4.69) is 50.4 Å². The van der Waals surface area contributed by atoms with Gasteiger partial charge < -0.3 is 19.9 Å². The van der Waals surface area contributed by atoms with Crippen LogP contribution in [0.3, 0.4) is 0 Å². The molecule has 2 N–H and O–H groups in total. The summed E-state index contributed by atoms with van der Waals surface area (Å²) in [5, 5.41) is 3.52. The summed E-state index contributed by atoms with van der Waals surface area (Å²) in [6.45, 7) is 2.10. The molecule has 180 valence electrons. The van der Waals surface area contributed by atoms with Crippen molar-refractivity contribution in [3.63, 3.8) is 0 Å². The van der Waals surface area contributed by atoms with Crippen molar-refractivity contribution in [2.75, 3.05) is 25.5 Å². The van der Waals surface area contributed by atoms with Crippen molar-refractivity contribution >= 4 is 22.4 Å². The molecule has 7 heteroatoms. The molecule has 36 heavy (non-hydrogen) atoms. The normalized spacial score (nSPS) is 14.7. The van der Waals surface area contributed by atoms with Gasteiger partial charge in [-0.25, -0.2) is 4.98 Å². The zero-order chi connectivity index (χ0) is 24.3. The number of imidazole rings is 1. The number of hydrogen-bond acceptors (Lipinski definition) is 6. The van der Waals surface area contributed by atoms with Crippen LogP contribution in [-0.2, 0) is 0 Å². The Morgan fingerprint density at radius 3 is 2.53 bits per heavy atom. The van der Waals surface area contributed by atoms with E-state index in [4.69, 9.17) is 9.72 Å². The third-order valence-corrected chi connectivity index (χ3v) is 6.62. The van der Waals surface area contributed by atoms with Crippen molar-refractivity contribution < 1.29 is 4.74 Å². The van der Waals surface area contributed by atoms with Crippen molar-refractivity contribution in [3.8, 4) is 28.4 Å². The molecule has 3 heterocycles. The molecule has 0 atom stereocenters. The van der Waals surface area contributed by atoms with Crippen LogP contribution in [0.1, 0.15) is 12.8 Å².